The Morgan fingerprint density at radius 2 is 1.88 bits per heavy atom. The highest BCUT2D eigenvalue weighted by Gasteiger charge is 2.07. The maximum absolute atomic E-state index is 11.8. The summed E-state index contributed by atoms with van der Waals surface area (Å²) < 4.78 is 4.73. The third-order valence-corrected chi connectivity index (χ3v) is 2.68. The van der Waals surface area contributed by atoms with Crippen molar-refractivity contribution in [3.05, 3.63) is 48.0 Å². The van der Waals surface area contributed by atoms with Crippen molar-refractivity contribution in [3.8, 4) is 0 Å². The Balaban J connectivity index is 2.30. The summed E-state index contributed by atoms with van der Waals surface area (Å²) in [6.45, 7) is 0. The van der Waals surface area contributed by atoms with Crippen molar-refractivity contribution in [2.24, 2.45) is 0 Å². The van der Waals surface area contributed by atoms with E-state index in [1.165, 1.54) is 7.11 Å². The van der Waals surface area contributed by atoms with Gasteiger partial charge in [-0.05, 0) is 35.1 Å². The van der Waals surface area contributed by atoms with Gasteiger partial charge < -0.3 is 4.74 Å². The first kappa shape index (κ1) is 11.5. The highest BCUT2D eigenvalue weighted by molar-refractivity contribution is 7.80. The van der Waals surface area contributed by atoms with Crippen molar-refractivity contribution in [3.63, 3.8) is 0 Å². The van der Waals surface area contributed by atoms with Crippen LogP contribution in [0.15, 0.2) is 42.5 Å². The molecule has 0 aliphatic rings. The molecule has 0 bridgehead atoms. The molecular formula is C13H11NO2S. The van der Waals surface area contributed by atoms with Crippen molar-refractivity contribution in [1.82, 2.24) is 5.32 Å². The SMILES string of the molecule is COC(=S)NC(=O)c1ccc2ccccc2c1. The summed E-state index contributed by atoms with van der Waals surface area (Å²) >= 11 is 4.77. The quantitative estimate of drug-likeness (QED) is 0.784. The number of methoxy groups -OCH3 is 1. The molecule has 0 aliphatic heterocycles. The molecule has 0 spiro atoms. The molecule has 0 saturated carbocycles. The van der Waals surface area contributed by atoms with Gasteiger partial charge in [-0.3, -0.25) is 10.1 Å². The van der Waals surface area contributed by atoms with E-state index in [1.807, 2.05) is 36.4 Å². The molecule has 0 heterocycles. The smallest absolute Gasteiger partial charge is 0.263 e. The summed E-state index contributed by atoms with van der Waals surface area (Å²) in [6, 6.07) is 13.3. The van der Waals surface area contributed by atoms with Gasteiger partial charge in [-0.1, -0.05) is 30.3 Å². The molecule has 0 fully saturated rings. The van der Waals surface area contributed by atoms with Crippen molar-refractivity contribution in [2.45, 2.75) is 0 Å². The second-order valence-corrected chi connectivity index (χ2v) is 3.88. The predicted octanol–water partition coefficient (Wildman–Crippen LogP) is 2.50. The van der Waals surface area contributed by atoms with Crippen LogP contribution in [-0.2, 0) is 4.74 Å². The monoisotopic (exact) mass is 245 g/mol. The maximum Gasteiger partial charge on any atom is 0.263 e. The number of nitrogens with one attached hydrogen (secondary N) is 1. The third-order valence-electron chi connectivity index (χ3n) is 2.41. The van der Waals surface area contributed by atoms with Gasteiger partial charge in [0.05, 0.1) is 7.11 Å². The topological polar surface area (TPSA) is 38.3 Å². The van der Waals surface area contributed by atoms with E-state index in [2.05, 4.69) is 5.32 Å². The summed E-state index contributed by atoms with van der Waals surface area (Å²) in [5, 5.41) is 4.67. The van der Waals surface area contributed by atoms with Gasteiger partial charge in [-0.15, -0.1) is 0 Å². The van der Waals surface area contributed by atoms with Crippen molar-refractivity contribution < 1.29 is 9.53 Å². The van der Waals surface area contributed by atoms with Crippen LogP contribution in [0.2, 0.25) is 0 Å². The first-order chi connectivity index (χ1) is 8.20. The van der Waals surface area contributed by atoms with E-state index in [9.17, 15) is 4.79 Å². The molecule has 1 N–H and O–H groups in total. The van der Waals surface area contributed by atoms with Gasteiger partial charge in [0, 0.05) is 5.56 Å². The molecule has 2 aromatic carbocycles. The number of hydrogen-bond donors (Lipinski definition) is 1. The zero-order chi connectivity index (χ0) is 12.3. The molecule has 0 aliphatic carbocycles. The summed E-state index contributed by atoms with van der Waals surface area (Å²) in [6.07, 6.45) is 0. The Morgan fingerprint density at radius 3 is 2.59 bits per heavy atom. The number of hydrogen-bond acceptors (Lipinski definition) is 3. The van der Waals surface area contributed by atoms with Crippen molar-refractivity contribution >= 4 is 34.1 Å². The van der Waals surface area contributed by atoms with E-state index in [-0.39, 0.29) is 11.1 Å². The van der Waals surface area contributed by atoms with Gasteiger partial charge in [0.15, 0.2) is 0 Å². The molecule has 2 rings (SSSR count). The highest BCUT2D eigenvalue weighted by atomic mass is 32.1. The fourth-order valence-electron chi connectivity index (χ4n) is 1.55. The van der Waals surface area contributed by atoms with Crippen LogP contribution < -0.4 is 5.32 Å². The Kier molecular flexibility index (Phi) is 3.35. The average Bonchev–Trinajstić information content (AvgIpc) is 2.38. The lowest BCUT2D eigenvalue weighted by Gasteiger charge is -2.05. The number of benzene rings is 2. The zero-order valence-corrected chi connectivity index (χ0v) is 10.1. The molecule has 3 nitrogen and oxygen atoms in total. The normalized spacial score (nSPS) is 9.94. The fourth-order valence-corrected chi connectivity index (χ4v) is 1.64. The molecule has 86 valence electrons. The lowest BCUT2D eigenvalue weighted by Crippen LogP contribution is -2.29. The maximum atomic E-state index is 11.8. The number of amides is 1. The summed E-state index contributed by atoms with van der Waals surface area (Å²) in [5.41, 5.74) is 0.558. The predicted molar refractivity (Wildman–Crippen MR) is 71.0 cm³/mol. The molecule has 17 heavy (non-hydrogen) atoms. The molecule has 0 saturated heterocycles. The first-order valence-corrected chi connectivity index (χ1v) is 5.49. The standard InChI is InChI=1S/C13H11NO2S/c1-16-13(17)14-12(15)11-7-6-9-4-2-3-5-10(9)8-11/h2-8H,1H3,(H,14,15,17). The van der Waals surface area contributed by atoms with E-state index in [0.717, 1.165) is 10.8 Å². The van der Waals surface area contributed by atoms with Crippen LogP contribution in [0.5, 0.6) is 0 Å². The molecular weight excluding hydrogens is 234 g/mol. The molecule has 0 atom stereocenters. The summed E-state index contributed by atoms with van der Waals surface area (Å²) in [4.78, 5) is 11.8. The van der Waals surface area contributed by atoms with Gasteiger partial charge in [0.2, 0.25) is 0 Å². The van der Waals surface area contributed by atoms with Crippen LogP contribution >= 0.6 is 12.2 Å². The minimum absolute atomic E-state index is 0.0724. The van der Waals surface area contributed by atoms with Crippen LogP contribution in [0.4, 0.5) is 0 Å². The number of rotatable bonds is 1. The molecule has 0 aromatic heterocycles. The van der Waals surface area contributed by atoms with Gasteiger partial charge in [0.1, 0.15) is 0 Å². The highest BCUT2D eigenvalue weighted by Crippen LogP contribution is 2.15. The first-order valence-electron chi connectivity index (χ1n) is 5.09. The zero-order valence-electron chi connectivity index (χ0n) is 9.27. The Hall–Kier alpha value is -1.94. The largest absolute Gasteiger partial charge is 0.474 e. The lowest BCUT2D eigenvalue weighted by atomic mass is 10.1. The number of carbonyl (C=O) groups is 1. The average molecular weight is 245 g/mol. The van der Waals surface area contributed by atoms with Gasteiger partial charge >= 0.3 is 0 Å². The third kappa shape index (κ3) is 2.60. The van der Waals surface area contributed by atoms with Crippen LogP contribution in [-0.4, -0.2) is 18.2 Å². The minimum Gasteiger partial charge on any atom is -0.474 e. The minimum atomic E-state index is -0.261. The molecule has 2 aromatic rings. The number of fused-ring (bicyclic) bond motifs is 1. The van der Waals surface area contributed by atoms with Gasteiger partial charge in [-0.25, -0.2) is 0 Å². The fraction of sp³-hybridized carbons (Fsp3) is 0.0769. The van der Waals surface area contributed by atoms with E-state index in [1.54, 1.807) is 6.07 Å². The van der Waals surface area contributed by atoms with Gasteiger partial charge in [-0.2, -0.15) is 0 Å². The van der Waals surface area contributed by atoms with Crippen LogP contribution in [0, 0.1) is 0 Å². The number of carbonyl (C=O) groups excluding carboxylic acids is 1. The molecule has 0 radical (unpaired) electrons. The van der Waals surface area contributed by atoms with Crippen molar-refractivity contribution in [2.75, 3.05) is 7.11 Å². The number of thiocarbonyl (C=S) groups is 1. The van der Waals surface area contributed by atoms with E-state index >= 15 is 0 Å². The van der Waals surface area contributed by atoms with Crippen molar-refractivity contribution in [1.29, 1.82) is 0 Å². The van der Waals surface area contributed by atoms with E-state index in [0.29, 0.717) is 5.56 Å². The second kappa shape index (κ2) is 4.93. The Labute approximate surface area is 104 Å². The Morgan fingerprint density at radius 1 is 1.18 bits per heavy atom. The molecule has 0 unspecified atom stereocenters. The summed E-state index contributed by atoms with van der Waals surface area (Å²) in [7, 11) is 1.42. The molecule has 1 amide bonds. The van der Waals surface area contributed by atoms with Gasteiger partial charge in [0.25, 0.3) is 11.1 Å². The lowest BCUT2D eigenvalue weighted by molar-refractivity contribution is 0.0970. The van der Waals surface area contributed by atoms with Crippen LogP contribution in [0.25, 0.3) is 10.8 Å². The Bertz CT molecular complexity index is 580. The van der Waals surface area contributed by atoms with E-state index < -0.39 is 0 Å². The van der Waals surface area contributed by atoms with Crippen LogP contribution in [0.3, 0.4) is 0 Å². The molecule has 4 heteroatoms. The summed E-state index contributed by atoms with van der Waals surface area (Å²) in [5.74, 6) is -0.261. The second-order valence-electron chi connectivity index (χ2n) is 3.51. The number of ether oxygens (including phenoxy) is 1. The van der Waals surface area contributed by atoms with Crippen LogP contribution in [0.1, 0.15) is 10.4 Å². The van der Waals surface area contributed by atoms with E-state index in [4.69, 9.17) is 17.0 Å².